The van der Waals surface area contributed by atoms with E-state index < -0.39 is 48.8 Å². The molecule has 14 heteroatoms. The fraction of sp³-hybridized carbons (Fsp3) is 0.333. The summed E-state index contributed by atoms with van der Waals surface area (Å²) in [6, 6.07) is 13.9. The Labute approximate surface area is 249 Å². The fourth-order valence-corrected chi connectivity index (χ4v) is 4.39. The van der Waals surface area contributed by atoms with Gasteiger partial charge in [-0.1, -0.05) is 29.1 Å². The number of aromatic nitrogens is 3. The number of hydrogen-bond acceptors (Lipinski definition) is 9. The molecule has 4 bridgehead atoms. The van der Waals surface area contributed by atoms with Crippen LogP contribution in [0.1, 0.15) is 43.0 Å². The summed E-state index contributed by atoms with van der Waals surface area (Å²) in [7, 11) is 0. The number of halogens is 3. The van der Waals surface area contributed by atoms with Gasteiger partial charge >= 0.3 is 18.2 Å². The maximum absolute atomic E-state index is 14.0. The van der Waals surface area contributed by atoms with Crippen LogP contribution in [-0.2, 0) is 40.1 Å². The number of carbonyl (C=O) groups is 2. The lowest BCUT2D eigenvalue weighted by Gasteiger charge is -2.23. The molecule has 1 unspecified atom stereocenters. The largest absolute Gasteiger partial charge is 0.489 e. The number of alkyl carbamates (subject to hydrolysis) is 1. The van der Waals surface area contributed by atoms with E-state index in [0.29, 0.717) is 16.9 Å². The molecule has 0 aliphatic carbocycles. The summed E-state index contributed by atoms with van der Waals surface area (Å²) in [5, 5.41) is 10.3. The fourth-order valence-electron chi connectivity index (χ4n) is 4.39. The molecule has 0 saturated carbocycles. The van der Waals surface area contributed by atoms with Crippen molar-refractivity contribution in [1.82, 2.24) is 20.5 Å². The molecule has 5 heterocycles. The van der Waals surface area contributed by atoms with Crippen LogP contribution in [0.2, 0.25) is 0 Å². The third-order valence-electron chi connectivity index (χ3n) is 6.42. The standard InChI is InChI=1S/C30H29F3N4O7/c1-29(2,3)44-28(39)34-25-14-18-4-8-21(9-5-18)42-17-43-37-26-22(23(30(31,32)33)12-13-24(26)35-36-37)16-40-20-10-6-19(7-11-20)15-41-27(25)38/h4-13,25H,14-17H2,1-3H3,(H,34,39). The van der Waals surface area contributed by atoms with Gasteiger partial charge in [0.05, 0.1) is 5.56 Å². The normalized spacial score (nSPS) is 16.2. The monoisotopic (exact) mass is 614 g/mol. The lowest BCUT2D eigenvalue weighted by Crippen LogP contribution is -2.45. The van der Waals surface area contributed by atoms with Gasteiger partial charge in [-0.05, 0) is 73.5 Å². The molecular weight excluding hydrogens is 585 g/mol. The maximum Gasteiger partial charge on any atom is 0.416 e. The zero-order chi connectivity index (χ0) is 31.5. The van der Waals surface area contributed by atoms with E-state index in [-0.39, 0.29) is 35.4 Å². The lowest BCUT2D eigenvalue weighted by molar-refractivity contribution is -0.147. The Morgan fingerprint density at radius 2 is 1.57 bits per heavy atom. The number of hydrogen-bond donors (Lipinski definition) is 1. The van der Waals surface area contributed by atoms with E-state index in [4.69, 9.17) is 23.8 Å². The summed E-state index contributed by atoms with van der Waals surface area (Å²) in [5.41, 5.74) is -0.513. The van der Waals surface area contributed by atoms with Crippen molar-refractivity contribution < 1.29 is 46.5 Å². The van der Waals surface area contributed by atoms with Crippen molar-refractivity contribution >= 4 is 23.1 Å². The summed E-state index contributed by atoms with van der Waals surface area (Å²) in [4.78, 5) is 32.0. The summed E-state index contributed by atoms with van der Waals surface area (Å²) in [6.07, 6.45) is -5.37. The molecule has 1 N–H and O–H groups in total. The third-order valence-corrected chi connectivity index (χ3v) is 6.42. The predicted octanol–water partition coefficient (Wildman–Crippen LogP) is 4.99. The highest BCUT2D eigenvalue weighted by molar-refractivity contribution is 5.82. The molecule has 8 rings (SSSR count). The first-order valence-electron chi connectivity index (χ1n) is 13.5. The van der Waals surface area contributed by atoms with E-state index in [1.165, 1.54) is 18.2 Å². The van der Waals surface area contributed by atoms with Crippen molar-refractivity contribution in [2.75, 3.05) is 6.79 Å². The Morgan fingerprint density at radius 3 is 2.23 bits per heavy atom. The van der Waals surface area contributed by atoms with Gasteiger partial charge in [-0.3, -0.25) is 0 Å². The van der Waals surface area contributed by atoms with Gasteiger partial charge in [-0.25, -0.2) is 9.59 Å². The zero-order valence-corrected chi connectivity index (χ0v) is 24.0. The van der Waals surface area contributed by atoms with Crippen LogP contribution in [0.15, 0.2) is 60.7 Å². The molecule has 0 radical (unpaired) electrons. The summed E-state index contributed by atoms with van der Waals surface area (Å²) in [6.45, 7) is 4.10. The first-order valence-corrected chi connectivity index (χ1v) is 13.5. The highest BCUT2D eigenvalue weighted by atomic mass is 19.4. The molecule has 0 fully saturated rings. The molecule has 3 aromatic carbocycles. The van der Waals surface area contributed by atoms with Crippen molar-refractivity contribution in [3.05, 3.63) is 82.9 Å². The topological polar surface area (TPSA) is 123 Å². The van der Waals surface area contributed by atoms with Crippen molar-refractivity contribution in [1.29, 1.82) is 0 Å². The van der Waals surface area contributed by atoms with E-state index >= 15 is 0 Å². The molecule has 0 saturated heterocycles. The third kappa shape index (κ3) is 7.49. The number of ether oxygens (including phenoxy) is 4. The Hall–Kier alpha value is -5.01. The van der Waals surface area contributed by atoms with Gasteiger partial charge in [-0.15, -0.1) is 5.10 Å². The number of benzene rings is 3. The first kappa shape index (κ1) is 30.4. The Morgan fingerprint density at radius 1 is 0.909 bits per heavy atom. The van der Waals surface area contributed by atoms with Crippen LogP contribution in [0.3, 0.4) is 0 Å². The molecule has 0 spiro atoms. The molecule has 232 valence electrons. The average Bonchev–Trinajstić information content (AvgIpc) is 3.37. The van der Waals surface area contributed by atoms with Gasteiger partial charge < -0.3 is 29.1 Å². The van der Waals surface area contributed by atoms with E-state index in [2.05, 4.69) is 15.6 Å². The van der Waals surface area contributed by atoms with Gasteiger partial charge in [0, 0.05) is 12.0 Å². The SMILES string of the molecule is CC(C)(C)OC(=O)NC1Cc2ccc(cc2)OCOn2nnc3ccc(C(F)(F)F)c(c32)COc2ccc(cc2)COC1=O. The Balaban J connectivity index is 1.45. The van der Waals surface area contributed by atoms with E-state index in [0.717, 1.165) is 10.9 Å². The van der Waals surface area contributed by atoms with Gasteiger partial charge in [0.15, 0.2) is 0 Å². The summed E-state index contributed by atoms with van der Waals surface area (Å²) >= 11 is 0. The quantitative estimate of drug-likeness (QED) is 0.296. The first-order chi connectivity index (χ1) is 20.9. The molecular formula is C30H29F3N4O7. The number of nitrogens with zero attached hydrogens (tertiary/aromatic N) is 3. The Kier molecular flexibility index (Phi) is 8.52. The van der Waals surface area contributed by atoms with Crippen LogP contribution in [0.5, 0.6) is 11.5 Å². The summed E-state index contributed by atoms with van der Waals surface area (Å²) in [5.74, 6) is -0.0543. The van der Waals surface area contributed by atoms with Crippen LogP contribution in [0.25, 0.3) is 11.0 Å². The summed E-state index contributed by atoms with van der Waals surface area (Å²) < 4.78 is 64.1. The molecule has 1 atom stereocenters. The number of carbonyl (C=O) groups excluding carboxylic acids is 2. The second-order valence-corrected chi connectivity index (χ2v) is 10.9. The number of amides is 1. The minimum atomic E-state index is -4.68. The highest BCUT2D eigenvalue weighted by Gasteiger charge is 2.35. The highest BCUT2D eigenvalue weighted by Crippen LogP contribution is 2.35. The van der Waals surface area contributed by atoms with Crippen molar-refractivity contribution in [2.24, 2.45) is 0 Å². The number of alkyl halides is 3. The number of nitrogens with one attached hydrogen (secondary N) is 1. The molecule has 11 nitrogen and oxygen atoms in total. The molecule has 4 aliphatic heterocycles. The van der Waals surface area contributed by atoms with E-state index in [1.807, 2.05) is 0 Å². The molecule has 4 aliphatic rings. The molecule has 44 heavy (non-hydrogen) atoms. The molecule has 1 aromatic heterocycles. The predicted molar refractivity (Wildman–Crippen MR) is 148 cm³/mol. The smallest absolute Gasteiger partial charge is 0.416 e. The van der Waals surface area contributed by atoms with Crippen molar-refractivity contribution in [3.63, 3.8) is 0 Å². The zero-order valence-electron chi connectivity index (χ0n) is 24.0. The molecule has 4 aromatic rings. The average molecular weight is 615 g/mol. The number of esters is 1. The van der Waals surface area contributed by atoms with Gasteiger partial charge in [-0.2, -0.15) is 13.2 Å². The van der Waals surface area contributed by atoms with Gasteiger partial charge in [0.1, 0.15) is 47.4 Å². The number of rotatable bonds is 1. The van der Waals surface area contributed by atoms with Crippen LogP contribution in [0, 0.1) is 0 Å². The van der Waals surface area contributed by atoms with Crippen LogP contribution < -0.4 is 19.6 Å². The van der Waals surface area contributed by atoms with Crippen molar-refractivity contribution in [3.8, 4) is 11.5 Å². The molecule has 1 amide bonds. The van der Waals surface area contributed by atoms with Crippen LogP contribution in [0.4, 0.5) is 18.0 Å². The van der Waals surface area contributed by atoms with Crippen molar-refractivity contribution in [2.45, 2.75) is 58.2 Å². The van der Waals surface area contributed by atoms with E-state index in [1.54, 1.807) is 57.2 Å². The van der Waals surface area contributed by atoms with Crippen LogP contribution in [-0.4, -0.2) is 45.7 Å². The lowest BCUT2D eigenvalue weighted by atomic mass is 10.1. The van der Waals surface area contributed by atoms with Crippen LogP contribution >= 0.6 is 0 Å². The van der Waals surface area contributed by atoms with E-state index in [9.17, 15) is 22.8 Å². The van der Waals surface area contributed by atoms with Gasteiger partial charge in [0.2, 0.25) is 0 Å². The second-order valence-electron chi connectivity index (χ2n) is 10.9. The second kappa shape index (κ2) is 12.3. The van der Waals surface area contributed by atoms with Gasteiger partial charge in [0.25, 0.3) is 6.79 Å². The maximum atomic E-state index is 14.0. The minimum absolute atomic E-state index is 0.0169. The Bertz CT molecular complexity index is 1630. The minimum Gasteiger partial charge on any atom is -0.489 e.